The molecule has 30 nitrogen and oxygen atoms in total. The first-order chi connectivity index (χ1) is 67.2. The highest BCUT2D eigenvalue weighted by molar-refractivity contribution is 6.78. The summed E-state index contributed by atoms with van der Waals surface area (Å²) in [5, 5.41) is 55.3. The van der Waals surface area contributed by atoms with Crippen LogP contribution in [0.3, 0.4) is 0 Å². The molecule has 14 rings (SSSR count). The molecule has 6 aromatic carbocycles. The summed E-state index contributed by atoms with van der Waals surface area (Å²) in [7, 11) is -7.60. The summed E-state index contributed by atoms with van der Waals surface area (Å²) >= 11 is 0. The summed E-state index contributed by atoms with van der Waals surface area (Å²) < 4.78 is 101. The maximum absolute atomic E-state index is 15.7. The van der Waals surface area contributed by atoms with Gasteiger partial charge >= 0.3 is 12.1 Å². The molecule has 2 aliphatic heterocycles. The molecule has 2 saturated heterocycles. The van der Waals surface area contributed by atoms with Crippen molar-refractivity contribution < 1.29 is 76.0 Å². The first-order valence-corrected chi connectivity index (χ1v) is 72.1. The Morgan fingerprint density at radius 2 is 0.859 bits per heavy atom. The molecular weight excluding hydrogens is 1910 g/mol. The molecule has 0 radical (unpaired) electrons. The predicted octanol–water partition coefficient (Wildman–Crippen LogP) is 21.2. The summed E-state index contributed by atoms with van der Waals surface area (Å²) in [5.74, 6) is 0.389. The SMILES string of the molecule is CCc1cc(O)c(F)cc1-c1ccc2c(-c3ncc(CNC(=O)N4CC[C@@H](O)C4)[nH]3)n[nH]c2c1.CCc1cc(OCOCC[Si](C)(C)C)c(F)cc1-c1ccc2c(-c3nc(CN)cn3COCC[Si](C)(C)C)nn(COCC[Si](C)(C)C)c2c1.CCc1cc(OCOCC[Si](C)(C)C)c(F)cc1-c1ccc2c(-c3nc(CNC(=O)N4CC[C@@H](O)C4)cn3COCC[Si](C)(C)C)nn(COCC[Si](C)(C)C)c2c1. The third kappa shape index (κ3) is 31.8. The number of aliphatic hydroxyl groups excluding tert-OH is 2. The minimum Gasteiger partial charge on any atom is -0.505 e. The number of rotatable bonds is 46. The summed E-state index contributed by atoms with van der Waals surface area (Å²) in [6.45, 7) is 55.4. The second kappa shape index (κ2) is 49.3. The molecule has 0 aliphatic carbocycles. The number of β-amino-alcohol motifs (C(OH)–C–C–N with tert-alkyl or cyclic N) is 2. The van der Waals surface area contributed by atoms with E-state index in [1.165, 1.54) is 12.1 Å². The van der Waals surface area contributed by atoms with Crippen molar-refractivity contribution >= 4 is 93.2 Å². The standard InChI is InChI=1S/C42H67FN6O6Si3.C37H60FN5O4Si3.C24H25FN6O3/c1-11-31-23-39(55-30-54-18-21-58(8,9)10)37(43)24-36(31)32-12-13-35-38(22-32)49(29-53-17-20-57(5,6)7)46-40(35)41-45-33(25-44-42(51)47-15-14-34(50)27-47)26-48(41)28-52-16-19-56(2,3)4;1-11-28-21-35(47-27-46-16-19-50(8,9)10)33(38)22-32(28)29-12-13-31-34(20-29)43(26-45-15-18-49(5,6)7)41-36(31)37-40-30(23-39)24-42(37)25-44-14-17-48(2,3)4;1-2-13-8-21(33)19(25)9-18(13)14-3-4-17-20(7-14)29-30-22(17)23-26-10-15(28-23)11-27-24(34)31-6-5-16(32)12-31/h12-13,22-24,26,34,50H,11,14-21,25,27-30H2,1-10H3,(H,44,51);12-13,20-22,24H,11,14-19,23,25-27,39H2,1-10H3;3-4,7-10,16,32-33H,2,5-6,11-12H2,1H3,(H,26,28)(H,27,34)(H,29,30)/t34-;;16-/m1.1/s1. The van der Waals surface area contributed by atoms with E-state index in [2.05, 4.69) is 169 Å². The number of urea groups is 2. The number of aromatic nitrogens is 12. The van der Waals surface area contributed by atoms with Gasteiger partial charge in [-0.15, -0.1) is 0 Å². The van der Waals surface area contributed by atoms with Crippen LogP contribution in [0.5, 0.6) is 17.2 Å². The number of benzene rings is 6. The van der Waals surface area contributed by atoms with Gasteiger partial charge in [-0.3, -0.25) is 5.10 Å². The Kier molecular flexibility index (Phi) is 38.5. The highest BCUT2D eigenvalue weighted by atomic mass is 28.3. The number of nitrogens with one attached hydrogen (secondary N) is 4. The fraction of sp³-hybridized carbons (Fsp3) is 0.515. The van der Waals surface area contributed by atoms with E-state index in [9.17, 15) is 29.3 Å². The topological polar surface area (TPSA) is 354 Å². The Morgan fingerprint density at radius 1 is 0.472 bits per heavy atom. The van der Waals surface area contributed by atoms with Gasteiger partial charge in [0.05, 0.1) is 65.1 Å². The number of halogens is 3. The van der Waals surface area contributed by atoms with Crippen molar-refractivity contribution in [2.24, 2.45) is 5.73 Å². The van der Waals surface area contributed by atoms with Crippen LogP contribution in [-0.2, 0) is 94.2 Å². The minimum atomic E-state index is -1.33. The lowest BCUT2D eigenvalue weighted by atomic mass is 9.96. The number of aliphatic hydroxyl groups is 2. The molecule has 9 N–H and O–H groups in total. The van der Waals surface area contributed by atoms with Gasteiger partial charge in [0.2, 0.25) is 0 Å². The van der Waals surface area contributed by atoms with Crippen LogP contribution in [0, 0.1) is 17.5 Å². The molecule has 0 unspecified atom stereocenters. The molecule has 39 heteroatoms. The van der Waals surface area contributed by atoms with Crippen molar-refractivity contribution in [1.29, 1.82) is 0 Å². The quantitative estimate of drug-likeness (QED) is 0.00998. The number of phenols is 1. The average Bonchev–Trinajstić information content (AvgIpc) is 1.60. The van der Waals surface area contributed by atoms with E-state index in [0.29, 0.717) is 152 Å². The van der Waals surface area contributed by atoms with Crippen LogP contribution in [0.25, 0.3) is 101 Å². The van der Waals surface area contributed by atoms with E-state index in [4.69, 9.17) is 63.8 Å². The number of aromatic hydroxyl groups is 1. The lowest BCUT2D eigenvalue weighted by Crippen LogP contribution is -2.38. The molecule has 142 heavy (non-hydrogen) atoms. The Bertz CT molecular complexity index is 6220. The van der Waals surface area contributed by atoms with E-state index in [0.717, 1.165) is 136 Å². The number of nitrogens with zero attached hydrogens (tertiary/aromatic N) is 12. The van der Waals surface area contributed by atoms with Crippen molar-refractivity contribution in [3.63, 3.8) is 0 Å². The van der Waals surface area contributed by atoms with E-state index in [-0.39, 0.29) is 69.4 Å². The fourth-order valence-corrected chi connectivity index (χ4v) is 20.7. The Balaban J connectivity index is 0.000000196. The molecule has 2 aliphatic rings. The van der Waals surface area contributed by atoms with Crippen LogP contribution in [0.1, 0.15) is 67.4 Å². The van der Waals surface area contributed by atoms with Crippen LogP contribution >= 0.6 is 0 Å². The van der Waals surface area contributed by atoms with Crippen molar-refractivity contribution in [3.05, 3.63) is 161 Å². The number of likely N-dealkylation sites (tertiary alicyclic amines) is 2. The number of H-pyrrole nitrogens is 2. The largest absolute Gasteiger partial charge is 0.505 e. The number of carbonyl (C=O) groups excluding carboxylic acids is 2. The second-order valence-electron chi connectivity index (χ2n) is 44.4. The third-order valence-corrected chi connectivity index (χ3v) is 35.2. The van der Waals surface area contributed by atoms with Crippen molar-refractivity contribution in [2.75, 3.05) is 79.4 Å². The molecule has 0 saturated carbocycles. The average molecular weight is 2060 g/mol. The molecular formula is C103H152F3N17O13Si6. The molecule has 0 spiro atoms. The molecule has 2 fully saturated rings. The first kappa shape index (κ1) is 111. The number of imidazole rings is 3. The molecule has 772 valence electrons. The summed E-state index contributed by atoms with van der Waals surface area (Å²) in [6.07, 6.45) is 7.76. The van der Waals surface area contributed by atoms with Gasteiger partial charge in [0, 0.05) is 149 Å². The van der Waals surface area contributed by atoms with Crippen LogP contribution < -0.4 is 25.8 Å². The van der Waals surface area contributed by atoms with Gasteiger partial charge in [-0.1, -0.05) is 157 Å². The monoisotopic (exact) mass is 2060 g/mol. The minimum absolute atomic E-state index is 0.00526. The number of phenolic OH excluding ortho intramolecular Hbond substituents is 1. The summed E-state index contributed by atoms with van der Waals surface area (Å²) in [5.41, 5.74) is 20.4. The number of aromatic amines is 2. The highest BCUT2D eigenvalue weighted by Crippen LogP contribution is 2.41. The smallest absolute Gasteiger partial charge is 0.317 e. The zero-order valence-corrected chi connectivity index (χ0v) is 93.3. The van der Waals surface area contributed by atoms with Crippen molar-refractivity contribution in [3.8, 4) is 85.2 Å². The number of fused-ring (bicyclic) bond motifs is 3. The van der Waals surface area contributed by atoms with E-state index in [1.54, 1.807) is 40.3 Å². The normalized spacial score (nSPS) is 14.5. The van der Waals surface area contributed by atoms with Gasteiger partial charge in [-0.05, 0) is 191 Å². The summed E-state index contributed by atoms with van der Waals surface area (Å²) in [6, 6.07) is 33.2. The first-order valence-electron chi connectivity index (χ1n) is 49.9. The van der Waals surface area contributed by atoms with Crippen LogP contribution in [-0.4, -0.2) is 236 Å². The number of amides is 4. The van der Waals surface area contributed by atoms with Gasteiger partial charge in [-0.2, -0.15) is 15.3 Å². The number of ether oxygens (including phenoxy) is 8. The zero-order valence-electron chi connectivity index (χ0n) is 87.3. The lowest BCUT2D eigenvalue weighted by Gasteiger charge is -2.17. The third-order valence-electron chi connectivity index (χ3n) is 25.0. The molecule has 6 aromatic heterocycles. The Hall–Kier alpha value is -9.97. The van der Waals surface area contributed by atoms with Crippen molar-refractivity contribution in [2.45, 2.75) is 266 Å². The van der Waals surface area contributed by atoms with E-state index >= 15 is 8.78 Å². The van der Waals surface area contributed by atoms with Gasteiger partial charge in [0.25, 0.3) is 0 Å². The number of hydrogen-bond donors (Lipinski definition) is 8. The Labute approximate surface area is 840 Å². The maximum atomic E-state index is 15.7. The van der Waals surface area contributed by atoms with E-state index < -0.39 is 78.1 Å². The van der Waals surface area contributed by atoms with Crippen LogP contribution in [0.2, 0.25) is 154 Å². The second-order valence-corrected chi connectivity index (χ2v) is 78.1. The molecule has 4 amide bonds. The predicted molar refractivity (Wildman–Crippen MR) is 574 cm³/mol. The van der Waals surface area contributed by atoms with Crippen molar-refractivity contribution in [1.82, 2.24) is 79.3 Å². The maximum Gasteiger partial charge on any atom is 0.317 e. The lowest BCUT2D eigenvalue weighted by molar-refractivity contribution is 0.0195. The zero-order chi connectivity index (χ0) is 103. The number of carbonyl (C=O) groups is 2. The number of hydrogen-bond acceptors (Lipinski definition) is 20. The highest BCUT2D eigenvalue weighted by Gasteiger charge is 2.31. The van der Waals surface area contributed by atoms with Gasteiger partial charge in [-0.25, -0.2) is 47.1 Å². The number of aryl methyl sites for hydroxylation is 3. The molecule has 12 aromatic rings. The van der Waals surface area contributed by atoms with Gasteiger partial charge < -0.3 is 93.5 Å². The fourth-order valence-electron chi connectivity index (χ4n) is 16.2. The molecule has 2 atom stereocenters. The molecule has 0 bridgehead atoms. The molecule has 8 heterocycles. The van der Waals surface area contributed by atoms with Gasteiger partial charge in [0.1, 0.15) is 44.0 Å². The van der Waals surface area contributed by atoms with Gasteiger partial charge in [0.15, 0.2) is 65.8 Å². The Morgan fingerprint density at radius 3 is 1.27 bits per heavy atom. The van der Waals surface area contributed by atoms with E-state index in [1.807, 2.05) is 86.3 Å². The number of nitrogens with two attached hydrogens (primary N) is 1. The van der Waals surface area contributed by atoms with Crippen LogP contribution in [0.15, 0.2) is 110 Å². The van der Waals surface area contributed by atoms with Crippen LogP contribution in [0.4, 0.5) is 22.8 Å². The summed E-state index contributed by atoms with van der Waals surface area (Å²) in [4.78, 5) is 45.8.